The van der Waals surface area contributed by atoms with Crippen LogP contribution < -0.4 is 5.73 Å². The van der Waals surface area contributed by atoms with Crippen molar-refractivity contribution in [3.05, 3.63) is 35.8 Å². The zero-order chi connectivity index (χ0) is 13.6. The lowest BCUT2D eigenvalue weighted by Gasteiger charge is -2.07. The Balaban J connectivity index is 2.22. The van der Waals surface area contributed by atoms with Gasteiger partial charge in [0, 0.05) is 25.1 Å². The standard InChI is InChI=1S/C13H16N6/c1-8-9(2)19(6-10-15-4-5-18(10)3)13-11(8)12(14)16-7-17-13/h4-5,7H,6H2,1-3H3,(H2,14,16,17). The first kappa shape index (κ1) is 11.7. The van der Waals surface area contributed by atoms with Crippen LogP contribution in [0, 0.1) is 13.8 Å². The molecule has 0 amide bonds. The summed E-state index contributed by atoms with van der Waals surface area (Å²) in [5.74, 6) is 1.52. The summed E-state index contributed by atoms with van der Waals surface area (Å²) in [5.41, 5.74) is 9.09. The highest BCUT2D eigenvalue weighted by Crippen LogP contribution is 2.27. The van der Waals surface area contributed by atoms with Crippen LogP contribution in [0.4, 0.5) is 5.82 Å². The van der Waals surface area contributed by atoms with Gasteiger partial charge < -0.3 is 14.9 Å². The number of nitrogens with zero attached hydrogens (tertiary/aromatic N) is 5. The lowest BCUT2D eigenvalue weighted by atomic mass is 10.2. The summed E-state index contributed by atoms with van der Waals surface area (Å²) < 4.78 is 4.14. The quantitative estimate of drug-likeness (QED) is 0.752. The van der Waals surface area contributed by atoms with Crippen LogP contribution in [0.5, 0.6) is 0 Å². The molecule has 0 saturated carbocycles. The summed E-state index contributed by atoms with van der Waals surface area (Å²) in [7, 11) is 1.99. The van der Waals surface area contributed by atoms with E-state index in [4.69, 9.17) is 5.73 Å². The second-order valence-electron chi connectivity index (χ2n) is 4.71. The Bertz CT molecular complexity index is 752. The molecule has 0 unspecified atom stereocenters. The second-order valence-corrected chi connectivity index (χ2v) is 4.71. The van der Waals surface area contributed by atoms with Crippen molar-refractivity contribution in [2.75, 3.05) is 5.73 Å². The van der Waals surface area contributed by atoms with E-state index in [1.54, 1.807) is 6.20 Å². The summed E-state index contributed by atoms with van der Waals surface area (Å²) in [4.78, 5) is 12.8. The molecule has 98 valence electrons. The second kappa shape index (κ2) is 4.08. The molecule has 19 heavy (non-hydrogen) atoms. The normalized spacial score (nSPS) is 11.3. The maximum Gasteiger partial charge on any atom is 0.146 e. The van der Waals surface area contributed by atoms with Gasteiger partial charge in [-0.2, -0.15) is 0 Å². The van der Waals surface area contributed by atoms with E-state index in [0.717, 1.165) is 28.1 Å². The molecule has 0 bridgehead atoms. The zero-order valence-corrected chi connectivity index (χ0v) is 11.3. The number of fused-ring (bicyclic) bond motifs is 1. The van der Waals surface area contributed by atoms with Crippen LogP contribution >= 0.6 is 0 Å². The number of rotatable bonds is 2. The van der Waals surface area contributed by atoms with Gasteiger partial charge in [-0.15, -0.1) is 0 Å². The molecule has 0 radical (unpaired) electrons. The highest BCUT2D eigenvalue weighted by Gasteiger charge is 2.16. The summed E-state index contributed by atoms with van der Waals surface area (Å²) in [6.45, 7) is 4.79. The fraction of sp³-hybridized carbons (Fsp3) is 0.308. The molecule has 0 aliphatic carbocycles. The molecular weight excluding hydrogens is 240 g/mol. The van der Waals surface area contributed by atoms with Crippen molar-refractivity contribution in [3.8, 4) is 0 Å². The first-order chi connectivity index (χ1) is 9.09. The van der Waals surface area contributed by atoms with Crippen LogP contribution in [0.1, 0.15) is 17.1 Å². The summed E-state index contributed by atoms with van der Waals surface area (Å²) in [6, 6.07) is 0. The Labute approximate surface area is 110 Å². The summed E-state index contributed by atoms with van der Waals surface area (Å²) in [6.07, 6.45) is 5.24. The van der Waals surface area contributed by atoms with Crippen LogP contribution in [0.25, 0.3) is 11.0 Å². The predicted octanol–water partition coefficient (Wildman–Crippen LogP) is 1.41. The van der Waals surface area contributed by atoms with E-state index in [-0.39, 0.29) is 0 Å². The molecule has 3 aromatic rings. The Kier molecular flexibility index (Phi) is 2.51. The molecule has 0 fully saturated rings. The van der Waals surface area contributed by atoms with Gasteiger partial charge in [-0.25, -0.2) is 15.0 Å². The van der Waals surface area contributed by atoms with Crippen molar-refractivity contribution in [1.29, 1.82) is 0 Å². The molecule has 0 aliphatic rings. The van der Waals surface area contributed by atoms with Crippen LogP contribution in [0.15, 0.2) is 18.7 Å². The van der Waals surface area contributed by atoms with Gasteiger partial charge in [0.2, 0.25) is 0 Å². The Morgan fingerprint density at radius 3 is 2.68 bits per heavy atom. The predicted molar refractivity (Wildman–Crippen MR) is 73.7 cm³/mol. The number of nitrogens with two attached hydrogens (primary N) is 1. The van der Waals surface area contributed by atoms with Gasteiger partial charge in [0.15, 0.2) is 0 Å². The molecule has 3 aromatic heterocycles. The molecule has 6 nitrogen and oxygen atoms in total. The molecular formula is C13H16N6. The van der Waals surface area contributed by atoms with Crippen molar-refractivity contribution >= 4 is 16.9 Å². The van der Waals surface area contributed by atoms with Gasteiger partial charge in [-0.1, -0.05) is 0 Å². The molecule has 0 aromatic carbocycles. The van der Waals surface area contributed by atoms with Crippen molar-refractivity contribution in [2.45, 2.75) is 20.4 Å². The van der Waals surface area contributed by atoms with Gasteiger partial charge in [0.05, 0.1) is 11.9 Å². The third-order valence-corrected chi connectivity index (χ3v) is 3.66. The zero-order valence-electron chi connectivity index (χ0n) is 11.3. The number of imidazole rings is 1. The summed E-state index contributed by atoms with van der Waals surface area (Å²) >= 11 is 0. The number of anilines is 1. The van der Waals surface area contributed by atoms with E-state index >= 15 is 0 Å². The van der Waals surface area contributed by atoms with Crippen LogP contribution in [-0.2, 0) is 13.6 Å². The van der Waals surface area contributed by atoms with Gasteiger partial charge in [-0.3, -0.25) is 0 Å². The van der Waals surface area contributed by atoms with E-state index in [0.29, 0.717) is 12.4 Å². The van der Waals surface area contributed by atoms with E-state index in [2.05, 4.69) is 26.4 Å². The van der Waals surface area contributed by atoms with Crippen LogP contribution in [0.3, 0.4) is 0 Å². The van der Waals surface area contributed by atoms with Crippen LogP contribution in [-0.4, -0.2) is 24.1 Å². The number of hydrogen-bond donors (Lipinski definition) is 1. The van der Waals surface area contributed by atoms with Gasteiger partial charge in [0.25, 0.3) is 0 Å². The van der Waals surface area contributed by atoms with E-state index in [1.807, 2.05) is 24.7 Å². The molecule has 0 saturated heterocycles. The maximum atomic E-state index is 5.96. The average molecular weight is 256 g/mol. The number of aromatic nitrogens is 5. The van der Waals surface area contributed by atoms with Crippen LogP contribution in [0.2, 0.25) is 0 Å². The smallest absolute Gasteiger partial charge is 0.146 e. The molecule has 3 rings (SSSR count). The average Bonchev–Trinajstić information content (AvgIpc) is 2.89. The third kappa shape index (κ3) is 1.68. The number of nitrogen functional groups attached to an aromatic ring is 1. The lowest BCUT2D eigenvalue weighted by Crippen LogP contribution is -2.08. The minimum absolute atomic E-state index is 0.532. The first-order valence-electron chi connectivity index (χ1n) is 6.11. The molecule has 0 aliphatic heterocycles. The highest BCUT2D eigenvalue weighted by atomic mass is 15.1. The topological polar surface area (TPSA) is 74.5 Å². The molecule has 0 atom stereocenters. The van der Waals surface area contributed by atoms with Crippen molar-refractivity contribution in [2.24, 2.45) is 7.05 Å². The minimum Gasteiger partial charge on any atom is -0.383 e. The van der Waals surface area contributed by atoms with Gasteiger partial charge in [0.1, 0.15) is 23.6 Å². The molecule has 0 spiro atoms. The Hall–Kier alpha value is -2.37. The minimum atomic E-state index is 0.532. The largest absolute Gasteiger partial charge is 0.383 e. The Morgan fingerprint density at radius 2 is 2.00 bits per heavy atom. The fourth-order valence-electron chi connectivity index (χ4n) is 2.38. The van der Waals surface area contributed by atoms with Gasteiger partial charge >= 0.3 is 0 Å². The van der Waals surface area contributed by atoms with E-state index in [9.17, 15) is 0 Å². The molecule has 2 N–H and O–H groups in total. The molecule has 6 heteroatoms. The lowest BCUT2D eigenvalue weighted by molar-refractivity contribution is 0.698. The number of aryl methyl sites for hydroxylation is 2. The van der Waals surface area contributed by atoms with E-state index in [1.165, 1.54) is 6.33 Å². The highest BCUT2D eigenvalue weighted by molar-refractivity contribution is 5.90. The molecule has 3 heterocycles. The van der Waals surface area contributed by atoms with E-state index < -0.39 is 0 Å². The van der Waals surface area contributed by atoms with Gasteiger partial charge in [-0.05, 0) is 19.4 Å². The monoisotopic (exact) mass is 256 g/mol. The van der Waals surface area contributed by atoms with Crippen molar-refractivity contribution in [1.82, 2.24) is 24.1 Å². The third-order valence-electron chi connectivity index (χ3n) is 3.66. The summed E-state index contributed by atoms with van der Waals surface area (Å²) in [5, 5.41) is 0.939. The number of hydrogen-bond acceptors (Lipinski definition) is 4. The Morgan fingerprint density at radius 1 is 1.21 bits per heavy atom. The SMILES string of the molecule is Cc1c(C)n(Cc2nccn2C)c2ncnc(N)c12. The van der Waals surface area contributed by atoms with Crippen molar-refractivity contribution in [3.63, 3.8) is 0 Å². The fourth-order valence-corrected chi connectivity index (χ4v) is 2.38. The van der Waals surface area contributed by atoms with Crippen molar-refractivity contribution < 1.29 is 0 Å². The maximum absolute atomic E-state index is 5.96. The first-order valence-corrected chi connectivity index (χ1v) is 6.11.